The molecule has 1 N–H and O–H groups in total. The zero-order valence-electron chi connectivity index (χ0n) is 12.0. The van der Waals surface area contributed by atoms with Gasteiger partial charge in [-0.3, -0.25) is 4.90 Å². The highest BCUT2D eigenvalue weighted by Gasteiger charge is 2.26. The van der Waals surface area contributed by atoms with Gasteiger partial charge in [0.2, 0.25) is 0 Å². The van der Waals surface area contributed by atoms with Crippen LogP contribution in [-0.2, 0) is 6.54 Å². The van der Waals surface area contributed by atoms with Crippen molar-refractivity contribution in [3.8, 4) is 0 Å². The molecule has 1 aromatic rings. The molecule has 1 aliphatic heterocycles. The first-order chi connectivity index (χ1) is 9.22. The van der Waals surface area contributed by atoms with Crippen LogP contribution in [0.3, 0.4) is 0 Å². The number of piperazine rings is 1. The van der Waals surface area contributed by atoms with Crippen molar-refractivity contribution in [2.24, 2.45) is 0 Å². The Kier molecular flexibility index (Phi) is 5.86. The van der Waals surface area contributed by atoms with E-state index < -0.39 is 0 Å². The van der Waals surface area contributed by atoms with Gasteiger partial charge in [0.15, 0.2) is 0 Å². The van der Waals surface area contributed by atoms with Gasteiger partial charge in [-0.05, 0) is 30.5 Å². The van der Waals surface area contributed by atoms with Crippen molar-refractivity contribution in [2.75, 3.05) is 13.1 Å². The Labute approximate surface area is 125 Å². The SMILES string of the molecule is CCCC1CNC(CC)CN1Cc1cccc(Br)c1. The average Bonchev–Trinajstić information content (AvgIpc) is 2.41. The zero-order chi connectivity index (χ0) is 13.7. The average molecular weight is 325 g/mol. The normalized spacial score (nSPS) is 24.6. The van der Waals surface area contributed by atoms with Gasteiger partial charge in [-0.15, -0.1) is 0 Å². The van der Waals surface area contributed by atoms with Crippen molar-refractivity contribution in [2.45, 2.75) is 51.7 Å². The van der Waals surface area contributed by atoms with Gasteiger partial charge in [0.05, 0.1) is 0 Å². The van der Waals surface area contributed by atoms with Crippen LogP contribution in [0, 0.1) is 0 Å². The largest absolute Gasteiger partial charge is 0.311 e. The minimum absolute atomic E-state index is 0.653. The van der Waals surface area contributed by atoms with Crippen LogP contribution < -0.4 is 5.32 Å². The summed E-state index contributed by atoms with van der Waals surface area (Å²) in [5.41, 5.74) is 1.41. The van der Waals surface area contributed by atoms with Gasteiger partial charge in [0.25, 0.3) is 0 Å². The first-order valence-corrected chi connectivity index (χ1v) is 8.24. The molecule has 2 nitrogen and oxygen atoms in total. The van der Waals surface area contributed by atoms with E-state index in [2.05, 4.69) is 64.3 Å². The lowest BCUT2D eigenvalue weighted by Crippen LogP contribution is -2.55. The summed E-state index contributed by atoms with van der Waals surface area (Å²) in [7, 11) is 0. The fourth-order valence-electron chi connectivity index (χ4n) is 2.88. The van der Waals surface area contributed by atoms with E-state index in [1.807, 2.05) is 0 Å². The number of halogens is 1. The van der Waals surface area contributed by atoms with E-state index in [0.717, 1.165) is 13.1 Å². The molecule has 0 amide bonds. The summed E-state index contributed by atoms with van der Waals surface area (Å²) in [5, 5.41) is 3.68. The molecule has 0 aromatic heterocycles. The summed E-state index contributed by atoms with van der Waals surface area (Å²) < 4.78 is 1.18. The second kappa shape index (κ2) is 7.41. The molecule has 0 radical (unpaired) electrons. The highest BCUT2D eigenvalue weighted by molar-refractivity contribution is 9.10. The van der Waals surface area contributed by atoms with Gasteiger partial charge >= 0.3 is 0 Å². The molecule has 1 aromatic carbocycles. The molecule has 0 aliphatic carbocycles. The standard InChI is InChI=1S/C16H25BrN2/c1-3-6-16-10-18-15(4-2)12-19(16)11-13-7-5-8-14(17)9-13/h5,7-9,15-16,18H,3-4,6,10-12H2,1-2H3. The quantitative estimate of drug-likeness (QED) is 0.886. The monoisotopic (exact) mass is 324 g/mol. The van der Waals surface area contributed by atoms with E-state index in [4.69, 9.17) is 0 Å². The summed E-state index contributed by atoms with van der Waals surface area (Å²) in [5.74, 6) is 0. The number of nitrogens with one attached hydrogen (secondary N) is 1. The maximum atomic E-state index is 3.68. The second-order valence-corrected chi connectivity index (χ2v) is 6.43. The molecular formula is C16H25BrN2. The lowest BCUT2D eigenvalue weighted by molar-refractivity contribution is 0.113. The Bertz CT molecular complexity index is 394. The van der Waals surface area contributed by atoms with E-state index in [1.165, 1.54) is 35.8 Å². The number of hydrogen-bond acceptors (Lipinski definition) is 2. The molecule has 1 saturated heterocycles. The first-order valence-electron chi connectivity index (χ1n) is 7.44. The summed E-state index contributed by atoms with van der Waals surface area (Å²) in [4.78, 5) is 2.66. The molecule has 1 aliphatic rings. The lowest BCUT2D eigenvalue weighted by Gasteiger charge is -2.40. The van der Waals surface area contributed by atoms with Gasteiger partial charge in [-0.2, -0.15) is 0 Å². The van der Waals surface area contributed by atoms with Gasteiger partial charge in [-0.1, -0.05) is 48.3 Å². The third-order valence-electron chi connectivity index (χ3n) is 4.00. The highest BCUT2D eigenvalue weighted by atomic mass is 79.9. The Balaban J connectivity index is 2.04. The smallest absolute Gasteiger partial charge is 0.0238 e. The molecule has 2 rings (SSSR count). The molecule has 19 heavy (non-hydrogen) atoms. The fourth-order valence-corrected chi connectivity index (χ4v) is 3.33. The number of nitrogens with zero attached hydrogens (tertiary/aromatic N) is 1. The molecule has 1 fully saturated rings. The van der Waals surface area contributed by atoms with Crippen molar-refractivity contribution in [3.63, 3.8) is 0 Å². The highest BCUT2D eigenvalue weighted by Crippen LogP contribution is 2.19. The Hall–Kier alpha value is -0.380. The molecule has 1 heterocycles. The Morgan fingerprint density at radius 3 is 2.89 bits per heavy atom. The van der Waals surface area contributed by atoms with Crippen LogP contribution in [0.1, 0.15) is 38.7 Å². The molecular weight excluding hydrogens is 300 g/mol. The summed E-state index contributed by atoms with van der Waals surface area (Å²) >= 11 is 3.57. The minimum Gasteiger partial charge on any atom is -0.311 e. The van der Waals surface area contributed by atoms with Crippen LogP contribution in [0.15, 0.2) is 28.7 Å². The minimum atomic E-state index is 0.653. The fraction of sp³-hybridized carbons (Fsp3) is 0.625. The number of hydrogen-bond donors (Lipinski definition) is 1. The Morgan fingerprint density at radius 2 is 2.21 bits per heavy atom. The van der Waals surface area contributed by atoms with Crippen molar-refractivity contribution in [1.82, 2.24) is 10.2 Å². The molecule has 0 spiro atoms. The van der Waals surface area contributed by atoms with E-state index in [0.29, 0.717) is 12.1 Å². The predicted molar refractivity (Wildman–Crippen MR) is 85.3 cm³/mol. The van der Waals surface area contributed by atoms with E-state index >= 15 is 0 Å². The van der Waals surface area contributed by atoms with E-state index in [-0.39, 0.29) is 0 Å². The van der Waals surface area contributed by atoms with Crippen molar-refractivity contribution >= 4 is 15.9 Å². The predicted octanol–water partition coefficient (Wildman–Crippen LogP) is 3.80. The molecule has 2 atom stereocenters. The maximum absolute atomic E-state index is 3.68. The van der Waals surface area contributed by atoms with Gasteiger partial charge < -0.3 is 5.32 Å². The number of benzene rings is 1. The summed E-state index contributed by atoms with van der Waals surface area (Å²) in [6.45, 7) is 7.94. The van der Waals surface area contributed by atoms with Crippen LogP contribution >= 0.6 is 15.9 Å². The molecule has 0 saturated carbocycles. The molecule has 3 heteroatoms. The third-order valence-corrected chi connectivity index (χ3v) is 4.50. The topological polar surface area (TPSA) is 15.3 Å². The van der Waals surface area contributed by atoms with Crippen molar-refractivity contribution in [3.05, 3.63) is 34.3 Å². The summed E-state index contributed by atoms with van der Waals surface area (Å²) in [6.07, 6.45) is 3.77. The van der Waals surface area contributed by atoms with Crippen LogP contribution in [0.5, 0.6) is 0 Å². The van der Waals surface area contributed by atoms with E-state index in [1.54, 1.807) is 0 Å². The van der Waals surface area contributed by atoms with Crippen LogP contribution in [0.25, 0.3) is 0 Å². The summed E-state index contributed by atoms with van der Waals surface area (Å²) in [6, 6.07) is 10.0. The second-order valence-electron chi connectivity index (χ2n) is 5.52. The number of rotatable bonds is 5. The van der Waals surface area contributed by atoms with Gasteiger partial charge in [-0.25, -0.2) is 0 Å². The van der Waals surface area contributed by atoms with Crippen LogP contribution in [0.4, 0.5) is 0 Å². The van der Waals surface area contributed by atoms with Crippen molar-refractivity contribution < 1.29 is 0 Å². The van der Waals surface area contributed by atoms with Crippen LogP contribution in [0.2, 0.25) is 0 Å². The van der Waals surface area contributed by atoms with Crippen molar-refractivity contribution in [1.29, 1.82) is 0 Å². The molecule has 106 valence electrons. The lowest BCUT2D eigenvalue weighted by atomic mass is 10.0. The molecule has 0 bridgehead atoms. The molecule has 2 unspecified atom stereocenters. The third kappa shape index (κ3) is 4.30. The zero-order valence-corrected chi connectivity index (χ0v) is 13.6. The van der Waals surface area contributed by atoms with Gasteiger partial charge in [0.1, 0.15) is 0 Å². The Morgan fingerprint density at radius 1 is 1.37 bits per heavy atom. The van der Waals surface area contributed by atoms with E-state index in [9.17, 15) is 0 Å². The van der Waals surface area contributed by atoms with Crippen LogP contribution in [-0.4, -0.2) is 30.1 Å². The first kappa shape index (κ1) is 15.0. The van der Waals surface area contributed by atoms with Gasteiger partial charge in [0, 0.05) is 36.2 Å². The maximum Gasteiger partial charge on any atom is 0.0238 e.